The summed E-state index contributed by atoms with van der Waals surface area (Å²) in [6, 6.07) is 0.0880. The van der Waals surface area contributed by atoms with Crippen LogP contribution in [0.2, 0.25) is 0 Å². The molecule has 1 aliphatic heterocycles. The van der Waals surface area contributed by atoms with Crippen molar-refractivity contribution in [2.45, 2.75) is 0 Å². The molecule has 0 saturated carbocycles. The average Bonchev–Trinajstić information content (AvgIpc) is 2.14. The van der Waals surface area contributed by atoms with Gasteiger partial charge in [-0.2, -0.15) is 0 Å². The molecule has 1 heterocycles. The summed E-state index contributed by atoms with van der Waals surface area (Å²) in [7, 11) is 5.56. The fourth-order valence-electron chi connectivity index (χ4n) is 1.00. The SMILES string of the molecule is CN1CCN(N(C)C)C1=O. The van der Waals surface area contributed by atoms with Crippen molar-refractivity contribution in [1.29, 1.82) is 0 Å². The number of likely N-dealkylation sites (N-methyl/N-ethyl adjacent to an activating group) is 1. The van der Waals surface area contributed by atoms with E-state index in [4.69, 9.17) is 0 Å². The van der Waals surface area contributed by atoms with Crippen molar-refractivity contribution in [2.24, 2.45) is 0 Å². The topological polar surface area (TPSA) is 26.8 Å². The molecule has 0 unspecified atom stereocenters. The van der Waals surface area contributed by atoms with Crippen LogP contribution in [0.25, 0.3) is 0 Å². The van der Waals surface area contributed by atoms with E-state index < -0.39 is 0 Å². The Morgan fingerprint density at radius 1 is 1.40 bits per heavy atom. The van der Waals surface area contributed by atoms with Crippen LogP contribution in [0.15, 0.2) is 0 Å². The number of amides is 2. The molecule has 10 heavy (non-hydrogen) atoms. The molecular formula is C6H13N3O. The third kappa shape index (κ3) is 1.07. The van der Waals surface area contributed by atoms with Crippen molar-refractivity contribution >= 4 is 6.03 Å². The normalized spacial score (nSPS) is 19.4. The van der Waals surface area contributed by atoms with Gasteiger partial charge in [-0.05, 0) is 0 Å². The number of hydrogen-bond acceptors (Lipinski definition) is 2. The molecule has 1 rings (SSSR count). The molecule has 0 aliphatic carbocycles. The van der Waals surface area contributed by atoms with E-state index in [0.29, 0.717) is 0 Å². The highest BCUT2D eigenvalue weighted by atomic mass is 16.2. The van der Waals surface area contributed by atoms with Gasteiger partial charge >= 0.3 is 6.03 Å². The van der Waals surface area contributed by atoms with E-state index in [1.165, 1.54) is 0 Å². The van der Waals surface area contributed by atoms with Crippen molar-refractivity contribution in [3.63, 3.8) is 0 Å². The van der Waals surface area contributed by atoms with Crippen molar-refractivity contribution in [2.75, 3.05) is 34.2 Å². The molecule has 0 aromatic carbocycles. The summed E-state index contributed by atoms with van der Waals surface area (Å²) >= 11 is 0. The van der Waals surface area contributed by atoms with E-state index in [1.807, 2.05) is 26.2 Å². The molecular weight excluding hydrogens is 130 g/mol. The van der Waals surface area contributed by atoms with Gasteiger partial charge in [0.15, 0.2) is 0 Å². The number of rotatable bonds is 1. The second-order valence-corrected chi connectivity index (χ2v) is 2.67. The van der Waals surface area contributed by atoms with E-state index in [1.54, 1.807) is 9.91 Å². The predicted molar refractivity (Wildman–Crippen MR) is 38.4 cm³/mol. The third-order valence-electron chi connectivity index (χ3n) is 1.68. The van der Waals surface area contributed by atoms with Crippen LogP contribution < -0.4 is 0 Å². The molecule has 4 nitrogen and oxygen atoms in total. The maximum absolute atomic E-state index is 11.2. The summed E-state index contributed by atoms with van der Waals surface area (Å²) in [6.07, 6.45) is 0. The van der Waals surface area contributed by atoms with Crippen LogP contribution in [0, 0.1) is 0 Å². The summed E-state index contributed by atoms with van der Waals surface area (Å²) < 4.78 is 0. The van der Waals surface area contributed by atoms with Gasteiger partial charge in [0.1, 0.15) is 0 Å². The van der Waals surface area contributed by atoms with Crippen LogP contribution in [-0.4, -0.2) is 55.2 Å². The van der Waals surface area contributed by atoms with Gasteiger partial charge in [-0.1, -0.05) is 0 Å². The van der Waals surface area contributed by atoms with Crippen LogP contribution in [0.5, 0.6) is 0 Å². The Bertz CT molecular complexity index is 146. The zero-order chi connectivity index (χ0) is 7.72. The Kier molecular flexibility index (Phi) is 1.80. The van der Waals surface area contributed by atoms with Crippen LogP contribution in [0.3, 0.4) is 0 Å². The number of hydrazine groups is 1. The minimum absolute atomic E-state index is 0.0880. The van der Waals surface area contributed by atoms with Crippen molar-refractivity contribution < 1.29 is 4.79 Å². The second kappa shape index (κ2) is 2.46. The van der Waals surface area contributed by atoms with E-state index >= 15 is 0 Å². The lowest BCUT2D eigenvalue weighted by Gasteiger charge is -2.22. The zero-order valence-electron chi connectivity index (χ0n) is 6.66. The van der Waals surface area contributed by atoms with Gasteiger partial charge in [0.25, 0.3) is 0 Å². The molecule has 58 valence electrons. The highest BCUT2D eigenvalue weighted by Gasteiger charge is 2.26. The lowest BCUT2D eigenvalue weighted by molar-refractivity contribution is 0.0818. The Hall–Kier alpha value is -0.770. The molecule has 0 atom stereocenters. The Labute approximate surface area is 61.0 Å². The van der Waals surface area contributed by atoms with Crippen LogP contribution in [0.4, 0.5) is 4.79 Å². The van der Waals surface area contributed by atoms with Crippen molar-refractivity contribution in [3.05, 3.63) is 0 Å². The first kappa shape index (κ1) is 7.34. The number of carbonyl (C=O) groups is 1. The van der Waals surface area contributed by atoms with Gasteiger partial charge in [0, 0.05) is 27.7 Å². The van der Waals surface area contributed by atoms with Crippen molar-refractivity contribution in [3.8, 4) is 0 Å². The molecule has 0 spiro atoms. The molecule has 0 aromatic heterocycles. The highest BCUT2D eigenvalue weighted by molar-refractivity contribution is 5.75. The minimum Gasteiger partial charge on any atom is -0.325 e. The van der Waals surface area contributed by atoms with Gasteiger partial charge in [-0.3, -0.25) is 5.01 Å². The number of carbonyl (C=O) groups excluding carboxylic acids is 1. The molecule has 1 saturated heterocycles. The van der Waals surface area contributed by atoms with Gasteiger partial charge in [0.05, 0.1) is 6.54 Å². The highest BCUT2D eigenvalue weighted by Crippen LogP contribution is 2.05. The van der Waals surface area contributed by atoms with Crippen LogP contribution in [-0.2, 0) is 0 Å². The molecule has 0 radical (unpaired) electrons. The van der Waals surface area contributed by atoms with E-state index in [0.717, 1.165) is 13.1 Å². The van der Waals surface area contributed by atoms with E-state index in [-0.39, 0.29) is 6.03 Å². The number of hydrogen-bond donors (Lipinski definition) is 0. The maximum atomic E-state index is 11.2. The average molecular weight is 143 g/mol. The van der Waals surface area contributed by atoms with Crippen molar-refractivity contribution in [1.82, 2.24) is 14.9 Å². The maximum Gasteiger partial charge on any atom is 0.334 e. The van der Waals surface area contributed by atoms with E-state index in [2.05, 4.69) is 0 Å². The zero-order valence-corrected chi connectivity index (χ0v) is 6.66. The Balaban J connectivity index is 2.57. The second-order valence-electron chi connectivity index (χ2n) is 2.67. The van der Waals surface area contributed by atoms with Crippen LogP contribution in [0.1, 0.15) is 0 Å². The smallest absolute Gasteiger partial charge is 0.325 e. The van der Waals surface area contributed by atoms with Gasteiger partial charge in [-0.15, -0.1) is 0 Å². The lowest BCUT2D eigenvalue weighted by Crippen LogP contribution is -2.39. The Morgan fingerprint density at radius 3 is 2.20 bits per heavy atom. The van der Waals surface area contributed by atoms with Gasteiger partial charge in [-0.25, -0.2) is 9.80 Å². The molecule has 4 heteroatoms. The quantitative estimate of drug-likeness (QED) is 0.509. The number of urea groups is 1. The first-order valence-electron chi connectivity index (χ1n) is 3.33. The molecule has 0 aromatic rings. The van der Waals surface area contributed by atoms with Gasteiger partial charge < -0.3 is 4.90 Å². The Morgan fingerprint density at radius 2 is 2.00 bits per heavy atom. The largest absolute Gasteiger partial charge is 0.334 e. The summed E-state index contributed by atoms with van der Waals surface area (Å²) in [5.74, 6) is 0. The fourth-order valence-corrected chi connectivity index (χ4v) is 1.00. The molecule has 0 N–H and O–H groups in total. The summed E-state index contributed by atoms with van der Waals surface area (Å²) in [5.41, 5.74) is 0. The van der Waals surface area contributed by atoms with E-state index in [9.17, 15) is 4.79 Å². The fraction of sp³-hybridized carbons (Fsp3) is 0.833. The van der Waals surface area contributed by atoms with Crippen LogP contribution >= 0.6 is 0 Å². The summed E-state index contributed by atoms with van der Waals surface area (Å²) in [6.45, 7) is 1.64. The molecule has 1 aliphatic rings. The molecule has 2 amide bonds. The summed E-state index contributed by atoms with van der Waals surface area (Å²) in [4.78, 5) is 12.9. The van der Waals surface area contributed by atoms with Gasteiger partial charge in [0.2, 0.25) is 0 Å². The number of nitrogens with zero attached hydrogens (tertiary/aromatic N) is 3. The standard InChI is InChI=1S/C6H13N3O/c1-7(2)9-5-4-8(3)6(9)10/h4-5H2,1-3H3. The first-order valence-corrected chi connectivity index (χ1v) is 3.33. The first-order chi connectivity index (χ1) is 4.63. The third-order valence-corrected chi connectivity index (χ3v) is 1.68. The summed E-state index contributed by atoms with van der Waals surface area (Å²) in [5, 5.41) is 3.52. The lowest BCUT2D eigenvalue weighted by atomic mass is 10.6. The molecule has 1 fully saturated rings. The monoisotopic (exact) mass is 143 g/mol. The minimum atomic E-state index is 0.0880. The molecule has 0 bridgehead atoms. The predicted octanol–water partition coefficient (Wildman–Crippen LogP) is -0.170.